The number of nitrogens with one attached hydrogen (secondary N) is 1. The van der Waals surface area contributed by atoms with Gasteiger partial charge in [0.25, 0.3) is 0 Å². The molecule has 1 atom stereocenters. The van der Waals surface area contributed by atoms with E-state index in [1.807, 2.05) is 0 Å². The van der Waals surface area contributed by atoms with Crippen LogP contribution < -0.4 is 5.32 Å². The number of hydrogen-bond acceptors (Lipinski definition) is 1. The predicted octanol–water partition coefficient (Wildman–Crippen LogP) is 5.20. The third kappa shape index (κ3) is 3.48. The fraction of sp³-hybridized carbons (Fsp3) is 0.143. The average Bonchev–Trinajstić information content (AvgIpc) is 2.33. The average molecular weight is 363 g/mol. The van der Waals surface area contributed by atoms with Crippen LogP contribution in [-0.4, -0.2) is 7.05 Å². The molecule has 2 aromatic carbocycles. The van der Waals surface area contributed by atoms with E-state index in [9.17, 15) is 4.39 Å². The van der Waals surface area contributed by atoms with Crippen LogP contribution in [0.3, 0.4) is 0 Å². The molecule has 0 saturated carbocycles. The van der Waals surface area contributed by atoms with E-state index in [1.54, 1.807) is 37.4 Å². The maximum absolute atomic E-state index is 14.0. The van der Waals surface area contributed by atoms with Crippen LogP contribution in [0.5, 0.6) is 0 Å². The Bertz CT molecular complexity index is 584. The van der Waals surface area contributed by atoms with E-state index in [1.165, 1.54) is 6.07 Å². The summed E-state index contributed by atoms with van der Waals surface area (Å²) >= 11 is 15.3. The molecule has 0 saturated heterocycles. The Hall–Kier alpha value is -0.610. The highest BCUT2D eigenvalue weighted by molar-refractivity contribution is 9.10. The molecule has 2 rings (SSSR count). The lowest BCUT2D eigenvalue weighted by Crippen LogP contribution is -2.19. The molecule has 0 spiro atoms. The van der Waals surface area contributed by atoms with Gasteiger partial charge in [-0.1, -0.05) is 39.1 Å². The van der Waals surface area contributed by atoms with Gasteiger partial charge in [0.1, 0.15) is 5.82 Å². The van der Waals surface area contributed by atoms with Crippen molar-refractivity contribution in [2.75, 3.05) is 7.05 Å². The van der Waals surface area contributed by atoms with Crippen LogP contribution in [0.1, 0.15) is 17.2 Å². The number of benzene rings is 2. The summed E-state index contributed by atoms with van der Waals surface area (Å²) in [5, 5.41) is 4.13. The Kier molecular flexibility index (Phi) is 4.85. The molecule has 0 bridgehead atoms. The molecule has 1 N–H and O–H groups in total. The van der Waals surface area contributed by atoms with E-state index in [-0.39, 0.29) is 11.9 Å². The maximum atomic E-state index is 14.0. The van der Waals surface area contributed by atoms with E-state index in [0.717, 1.165) is 10.0 Å². The van der Waals surface area contributed by atoms with Gasteiger partial charge in [-0.2, -0.15) is 0 Å². The van der Waals surface area contributed by atoms with Gasteiger partial charge in [0.15, 0.2) is 0 Å². The Morgan fingerprint density at radius 3 is 2.32 bits per heavy atom. The number of rotatable bonds is 3. The third-order valence-electron chi connectivity index (χ3n) is 2.78. The van der Waals surface area contributed by atoms with Gasteiger partial charge in [-0.25, -0.2) is 4.39 Å². The van der Waals surface area contributed by atoms with E-state index in [4.69, 9.17) is 23.2 Å². The lowest BCUT2D eigenvalue weighted by atomic mass is 9.98. The topological polar surface area (TPSA) is 12.0 Å². The molecule has 0 aliphatic heterocycles. The standard InChI is InChI=1S/C14H11BrCl2FN/c1-19-14(8-4-10(16)7-11(17)5-8)12-6-9(15)2-3-13(12)18/h2-7,14,19H,1H3. The second kappa shape index (κ2) is 6.23. The highest BCUT2D eigenvalue weighted by atomic mass is 79.9. The molecule has 0 amide bonds. The zero-order chi connectivity index (χ0) is 14.0. The molecule has 0 radical (unpaired) electrons. The van der Waals surface area contributed by atoms with Crippen molar-refractivity contribution in [1.82, 2.24) is 5.32 Å². The lowest BCUT2D eigenvalue weighted by molar-refractivity contribution is 0.576. The van der Waals surface area contributed by atoms with Crippen LogP contribution in [0, 0.1) is 5.82 Å². The van der Waals surface area contributed by atoms with Gasteiger partial charge < -0.3 is 5.32 Å². The first-order valence-electron chi connectivity index (χ1n) is 5.59. The van der Waals surface area contributed by atoms with E-state index < -0.39 is 0 Å². The van der Waals surface area contributed by atoms with Gasteiger partial charge in [0, 0.05) is 20.1 Å². The molecule has 1 unspecified atom stereocenters. The minimum absolute atomic E-state index is 0.279. The Morgan fingerprint density at radius 1 is 1.11 bits per heavy atom. The van der Waals surface area contributed by atoms with Crippen molar-refractivity contribution < 1.29 is 4.39 Å². The zero-order valence-electron chi connectivity index (χ0n) is 10.1. The first-order valence-corrected chi connectivity index (χ1v) is 7.14. The monoisotopic (exact) mass is 361 g/mol. The van der Waals surface area contributed by atoms with Crippen molar-refractivity contribution in [2.24, 2.45) is 0 Å². The quantitative estimate of drug-likeness (QED) is 0.790. The summed E-state index contributed by atoms with van der Waals surface area (Å²) in [5.74, 6) is -0.279. The second-order valence-corrected chi connectivity index (χ2v) is 5.88. The predicted molar refractivity (Wildman–Crippen MR) is 81.5 cm³/mol. The minimum atomic E-state index is -0.311. The van der Waals surface area contributed by atoms with Crippen molar-refractivity contribution in [3.8, 4) is 0 Å². The van der Waals surface area contributed by atoms with E-state index in [2.05, 4.69) is 21.2 Å². The van der Waals surface area contributed by atoms with E-state index >= 15 is 0 Å². The molecule has 2 aromatic rings. The van der Waals surface area contributed by atoms with Crippen LogP contribution in [0.4, 0.5) is 4.39 Å². The largest absolute Gasteiger partial charge is 0.309 e. The maximum Gasteiger partial charge on any atom is 0.128 e. The van der Waals surface area contributed by atoms with Crippen LogP contribution in [0.15, 0.2) is 40.9 Å². The molecule has 0 heterocycles. The molecule has 1 nitrogen and oxygen atoms in total. The third-order valence-corrected chi connectivity index (χ3v) is 3.71. The molecule has 0 aromatic heterocycles. The summed E-state index contributed by atoms with van der Waals surface area (Å²) in [6.07, 6.45) is 0. The molecule has 0 aliphatic rings. The van der Waals surface area contributed by atoms with Gasteiger partial charge in [0.05, 0.1) is 6.04 Å². The van der Waals surface area contributed by atoms with Crippen molar-refractivity contribution >= 4 is 39.1 Å². The van der Waals surface area contributed by atoms with Gasteiger partial charge in [-0.15, -0.1) is 0 Å². The van der Waals surface area contributed by atoms with E-state index in [0.29, 0.717) is 15.6 Å². The fourth-order valence-electron chi connectivity index (χ4n) is 1.98. The number of hydrogen-bond donors (Lipinski definition) is 1. The second-order valence-electron chi connectivity index (χ2n) is 4.09. The van der Waals surface area contributed by atoms with Crippen LogP contribution >= 0.6 is 39.1 Å². The summed E-state index contributed by atoms with van der Waals surface area (Å²) in [5.41, 5.74) is 1.35. The highest BCUT2D eigenvalue weighted by Crippen LogP contribution is 2.30. The van der Waals surface area contributed by atoms with Crippen molar-refractivity contribution in [3.05, 3.63) is 67.9 Å². The van der Waals surface area contributed by atoms with Gasteiger partial charge in [0.2, 0.25) is 0 Å². The normalized spacial score (nSPS) is 12.5. The first kappa shape index (κ1) is 14.8. The van der Waals surface area contributed by atoms with Crippen LogP contribution in [0.2, 0.25) is 10.0 Å². The number of halogens is 4. The molecule has 19 heavy (non-hydrogen) atoms. The molecule has 100 valence electrons. The first-order chi connectivity index (χ1) is 9.01. The molecular formula is C14H11BrCl2FN. The molecular weight excluding hydrogens is 352 g/mol. The Balaban J connectivity index is 2.52. The molecule has 0 aliphatic carbocycles. The summed E-state index contributed by atoms with van der Waals surface area (Å²) in [6, 6.07) is 9.71. The summed E-state index contributed by atoms with van der Waals surface area (Å²) in [7, 11) is 1.76. The van der Waals surface area contributed by atoms with Crippen LogP contribution in [-0.2, 0) is 0 Å². The summed E-state index contributed by atoms with van der Waals surface area (Å²) in [4.78, 5) is 0. The van der Waals surface area contributed by atoms with Crippen LogP contribution in [0.25, 0.3) is 0 Å². The minimum Gasteiger partial charge on any atom is -0.309 e. The zero-order valence-corrected chi connectivity index (χ0v) is 13.2. The van der Waals surface area contributed by atoms with Gasteiger partial charge in [-0.05, 0) is 49.0 Å². The Labute approximate surface area is 129 Å². The van der Waals surface area contributed by atoms with Gasteiger partial charge in [-0.3, -0.25) is 0 Å². The lowest BCUT2D eigenvalue weighted by Gasteiger charge is -2.19. The smallest absolute Gasteiger partial charge is 0.128 e. The van der Waals surface area contributed by atoms with Crippen molar-refractivity contribution in [3.63, 3.8) is 0 Å². The summed E-state index contributed by atoms with van der Waals surface area (Å²) < 4.78 is 14.8. The molecule has 5 heteroatoms. The SMILES string of the molecule is CNC(c1cc(Cl)cc(Cl)c1)c1cc(Br)ccc1F. The van der Waals surface area contributed by atoms with Crippen molar-refractivity contribution in [2.45, 2.75) is 6.04 Å². The Morgan fingerprint density at radius 2 is 1.74 bits per heavy atom. The van der Waals surface area contributed by atoms with Crippen molar-refractivity contribution in [1.29, 1.82) is 0 Å². The fourth-order valence-corrected chi connectivity index (χ4v) is 2.90. The molecule has 0 fully saturated rings. The highest BCUT2D eigenvalue weighted by Gasteiger charge is 2.17. The van der Waals surface area contributed by atoms with Gasteiger partial charge >= 0.3 is 0 Å². The summed E-state index contributed by atoms with van der Waals surface area (Å²) in [6.45, 7) is 0.